The van der Waals surface area contributed by atoms with Gasteiger partial charge in [-0.05, 0) is 29.8 Å². The molecule has 0 unspecified atom stereocenters. The SMILES string of the molecule is O=C(Nc1cc(Cl)c(F)c(Cl)c1)c1ccc(CBr)cc1. The molecule has 2 nitrogen and oxygen atoms in total. The Hall–Kier alpha value is -1.10. The first-order valence-electron chi connectivity index (χ1n) is 5.62. The minimum absolute atomic E-state index is 0.137. The number of anilines is 1. The van der Waals surface area contributed by atoms with Crippen LogP contribution in [0.3, 0.4) is 0 Å². The van der Waals surface area contributed by atoms with E-state index in [2.05, 4.69) is 21.2 Å². The van der Waals surface area contributed by atoms with Crippen molar-refractivity contribution >= 4 is 50.7 Å². The number of benzene rings is 2. The summed E-state index contributed by atoms with van der Waals surface area (Å²) in [6, 6.07) is 9.72. The molecule has 2 rings (SSSR count). The van der Waals surface area contributed by atoms with E-state index in [1.54, 1.807) is 12.1 Å². The highest BCUT2D eigenvalue weighted by Crippen LogP contribution is 2.27. The fourth-order valence-corrected chi connectivity index (χ4v) is 2.44. The van der Waals surface area contributed by atoms with E-state index >= 15 is 0 Å². The smallest absolute Gasteiger partial charge is 0.255 e. The van der Waals surface area contributed by atoms with Crippen LogP contribution in [0.5, 0.6) is 0 Å². The largest absolute Gasteiger partial charge is 0.322 e. The lowest BCUT2D eigenvalue weighted by molar-refractivity contribution is 0.102. The van der Waals surface area contributed by atoms with Crippen molar-refractivity contribution in [2.45, 2.75) is 5.33 Å². The molecule has 2 aromatic rings. The zero-order valence-corrected chi connectivity index (χ0v) is 13.2. The van der Waals surface area contributed by atoms with Gasteiger partial charge in [-0.25, -0.2) is 4.39 Å². The number of hydrogen-bond acceptors (Lipinski definition) is 1. The summed E-state index contributed by atoms with van der Waals surface area (Å²) in [5.41, 5.74) is 1.90. The first-order chi connectivity index (χ1) is 9.51. The van der Waals surface area contributed by atoms with Gasteiger partial charge in [-0.1, -0.05) is 51.3 Å². The minimum atomic E-state index is -0.701. The molecule has 0 bridgehead atoms. The van der Waals surface area contributed by atoms with Gasteiger partial charge in [0.15, 0.2) is 5.82 Å². The molecule has 0 aromatic heterocycles. The van der Waals surface area contributed by atoms with Crippen LogP contribution < -0.4 is 5.32 Å². The van der Waals surface area contributed by atoms with Crippen LogP contribution in [-0.2, 0) is 5.33 Å². The normalized spacial score (nSPS) is 10.4. The lowest BCUT2D eigenvalue weighted by Gasteiger charge is -2.07. The summed E-state index contributed by atoms with van der Waals surface area (Å²) < 4.78 is 13.3. The Balaban J connectivity index is 2.18. The van der Waals surface area contributed by atoms with Crippen molar-refractivity contribution in [3.8, 4) is 0 Å². The first kappa shape index (κ1) is 15.3. The zero-order valence-electron chi connectivity index (χ0n) is 10.1. The number of hydrogen-bond donors (Lipinski definition) is 1. The third-order valence-electron chi connectivity index (χ3n) is 2.61. The number of alkyl halides is 1. The third kappa shape index (κ3) is 3.51. The maximum absolute atomic E-state index is 13.3. The van der Waals surface area contributed by atoms with Crippen LogP contribution >= 0.6 is 39.1 Å². The van der Waals surface area contributed by atoms with Gasteiger partial charge in [0.1, 0.15) is 0 Å². The predicted octanol–water partition coefficient (Wildman–Crippen LogP) is 5.28. The summed E-state index contributed by atoms with van der Waals surface area (Å²) in [6.45, 7) is 0. The van der Waals surface area contributed by atoms with Crippen LogP contribution in [-0.4, -0.2) is 5.91 Å². The Bertz CT molecular complexity index is 623. The van der Waals surface area contributed by atoms with Crippen LogP contribution in [0.25, 0.3) is 0 Å². The van der Waals surface area contributed by atoms with Gasteiger partial charge in [0.25, 0.3) is 5.91 Å². The predicted molar refractivity (Wildman–Crippen MR) is 83.4 cm³/mol. The average Bonchev–Trinajstić information content (AvgIpc) is 2.44. The Morgan fingerprint density at radius 2 is 1.70 bits per heavy atom. The average molecular weight is 377 g/mol. The summed E-state index contributed by atoms with van der Waals surface area (Å²) in [5.74, 6) is -1.02. The summed E-state index contributed by atoms with van der Waals surface area (Å²) in [5, 5.41) is 3.07. The van der Waals surface area contributed by atoms with Crippen LogP contribution in [0.15, 0.2) is 36.4 Å². The van der Waals surface area contributed by atoms with Crippen molar-refractivity contribution in [1.82, 2.24) is 0 Å². The van der Waals surface area contributed by atoms with Crippen molar-refractivity contribution in [1.29, 1.82) is 0 Å². The van der Waals surface area contributed by atoms with E-state index in [1.807, 2.05) is 12.1 Å². The summed E-state index contributed by atoms with van der Waals surface area (Å²) in [4.78, 5) is 12.0. The summed E-state index contributed by atoms with van der Waals surface area (Å²) in [7, 11) is 0. The highest BCUT2D eigenvalue weighted by Gasteiger charge is 2.11. The number of halogens is 4. The van der Waals surface area contributed by atoms with Crippen molar-refractivity contribution < 1.29 is 9.18 Å². The molecule has 0 aliphatic carbocycles. The van der Waals surface area contributed by atoms with E-state index in [-0.39, 0.29) is 16.0 Å². The highest BCUT2D eigenvalue weighted by molar-refractivity contribution is 9.08. The molecule has 1 amide bonds. The van der Waals surface area contributed by atoms with Gasteiger partial charge in [0, 0.05) is 16.6 Å². The number of carbonyl (C=O) groups excluding carboxylic acids is 1. The molecule has 0 fully saturated rings. The Morgan fingerprint density at radius 1 is 1.15 bits per heavy atom. The van der Waals surface area contributed by atoms with Gasteiger partial charge in [-0.3, -0.25) is 4.79 Å². The number of carbonyl (C=O) groups is 1. The standard InChI is InChI=1S/C14H9BrCl2FNO/c15-7-8-1-3-9(4-2-8)14(20)19-10-5-11(16)13(18)12(17)6-10/h1-6H,7H2,(H,19,20). The molecular weight excluding hydrogens is 368 g/mol. The van der Waals surface area contributed by atoms with Crippen LogP contribution in [0.4, 0.5) is 10.1 Å². The Kier molecular flexibility index (Phi) is 5.02. The van der Waals surface area contributed by atoms with Gasteiger partial charge in [0.05, 0.1) is 10.0 Å². The Morgan fingerprint density at radius 3 is 2.20 bits per heavy atom. The van der Waals surface area contributed by atoms with Crippen LogP contribution in [0.1, 0.15) is 15.9 Å². The molecule has 0 heterocycles. The fourth-order valence-electron chi connectivity index (χ4n) is 1.58. The molecular formula is C14H9BrCl2FNO. The van der Waals surface area contributed by atoms with Crippen molar-refractivity contribution in [3.05, 3.63) is 63.4 Å². The molecule has 1 N–H and O–H groups in total. The maximum atomic E-state index is 13.3. The zero-order chi connectivity index (χ0) is 14.7. The topological polar surface area (TPSA) is 29.1 Å². The van der Waals surface area contributed by atoms with E-state index in [0.29, 0.717) is 11.3 Å². The number of amides is 1. The molecule has 20 heavy (non-hydrogen) atoms. The van der Waals surface area contributed by atoms with Crippen LogP contribution in [0.2, 0.25) is 10.0 Å². The van der Waals surface area contributed by atoms with E-state index < -0.39 is 5.82 Å². The summed E-state index contributed by atoms with van der Waals surface area (Å²) >= 11 is 14.7. The fraction of sp³-hybridized carbons (Fsp3) is 0.0714. The van der Waals surface area contributed by atoms with Gasteiger partial charge in [-0.2, -0.15) is 0 Å². The molecule has 104 valence electrons. The summed E-state index contributed by atoms with van der Waals surface area (Å²) in [6.07, 6.45) is 0. The van der Waals surface area contributed by atoms with E-state index in [1.165, 1.54) is 12.1 Å². The minimum Gasteiger partial charge on any atom is -0.322 e. The maximum Gasteiger partial charge on any atom is 0.255 e. The lowest BCUT2D eigenvalue weighted by Crippen LogP contribution is -2.12. The molecule has 0 saturated heterocycles. The quantitative estimate of drug-likeness (QED) is 0.573. The van der Waals surface area contributed by atoms with Gasteiger partial charge >= 0.3 is 0 Å². The second-order valence-electron chi connectivity index (χ2n) is 4.04. The van der Waals surface area contributed by atoms with Crippen molar-refractivity contribution in [2.75, 3.05) is 5.32 Å². The molecule has 0 atom stereocenters. The second kappa shape index (κ2) is 6.57. The molecule has 6 heteroatoms. The Labute approximate surface area is 134 Å². The molecule has 0 aliphatic heterocycles. The van der Waals surface area contributed by atoms with Gasteiger partial charge in [0.2, 0.25) is 0 Å². The van der Waals surface area contributed by atoms with Crippen molar-refractivity contribution in [2.24, 2.45) is 0 Å². The second-order valence-corrected chi connectivity index (χ2v) is 5.41. The lowest BCUT2D eigenvalue weighted by atomic mass is 10.1. The van der Waals surface area contributed by atoms with Gasteiger partial charge < -0.3 is 5.32 Å². The number of rotatable bonds is 3. The monoisotopic (exact) mass is 375 g/mol. The molecule has 0 aliphatic rings. The first-order valence-corrected chi connectivity index (χ1v) is 7.50. The van der Waals surface area contributed by atoms with Crippen LogP contribution in [0, 0.1) is 5.82 Å². The molecule has 0 spiro atoms. The molecule has 2 aromatic carbocycles. The van der Waals surface area contributed by atoms with E-state index in [0.717, 1.165) is 10.9 Å². The molecule has 0 saturated carbocycles. The number of nitrogens with one attached hydrogen (secondary N) is 1. The highest BCUT2D eigenvalue weighted by atomic mass is 79.9. The van der Waals surface area contributed by atoms with E-state index in [4.69, 9.17) is 23.2 Å². The van der Waals surface area contributed by atoms with Gasteiger partial charge in [-0.15, -0.1) is 0 Å². The van der Waals surface area contributed by atoms with E-state index in [9.17, 15) is 9.18 Å². The third-order valence-corrected chi connectivity index (χ3v) is 3.81. The molecule has 0 radical (unpaired) electrons. The van der Waals surface area contributed by atoms with Crippen molar-refractivity contribution in [3.63, 3.8) is 0 Å².